The van der Waals surface area contributed by atoms with Crippen LogP contribution in [0, 0.1) is 0 Å². The van der Waals surface area contributed by atoms with E-state index in [4.69, 9.17) is 18.9 Å². The van der Waals surface area contributed by atoms with Crippen LogP contribution >= 0.6 is 0 Å². The average Bonchev–Trinajstić information content (AvgIpc) is 3.13. The first-order valence-corrected chi connectivity index (χ1v) is 21.8. The molecule has 0 bridgehead atoms. The second kappa shape index (κ2) is 34.5. The summed E-state index contributed by atoms with van der Waals surface area (Å²) in [7, 11) is 1.39. The number of hydrogen-bond donors (Lipinski definition) is 2. The number of esters is 2. The first-order valence-electron chi connectivity index (χ1n) is 21.8. The number of hydrogen-bond acceptors (Lipinski definition) is 8. The minimum Gasteiger partial charge on any atom is -0.463 e. The lowest BCUT2D eigenvalue weighted by Crippen LogP contribution is -2.60. The van der Waals surface area contributed by atoms with Crippen molar-refractivity contribution in [2.24, 2.45) is 0 Å². The van der Waals surface area contributed by atoms with Crippen molar-refractivity contribution in [1.29, 1.82) is 0 Å². The van der Waals surface area contributed by atoms with Gasteiger partial charge in [0.25, 0.3) is 0 Å². The molecule has 302 valence electrons. The molecule has 0 saturated carbocycles. The summed E-state index contributed by atoms with van der Waals surface area (Å²) in [6.45, 7) is 4.33. The number of unbranched alkanes of at least 4 members (excludes halogenated alkanes) is 28. The third-order valence-corrected chi connectivity index (χ3v) is 10.5. The summed E-state index contributed by atoms with van der Waals surface area (Å²) in [5, 5.41) is 21.4. The number of aliphatic hydroxyl groups excluding tert-OH is 2. The number of ether oxygens (including phenoxy) is 4. The van der Waals surface area contributed by atoms with Gasteiger partial charge in [0.05, 0.1) is 0 Å². The maximum absolute atomic E-state index is 12.5. The Bertz CT molecular complexity index is 788. The van der Waals surface area contributed by atoms with Crippen LogP contribution in [0.25, 0.3) is 0 Å². The highest BCUT2D eigenvalue weighted by Crippen LogP contribution is 2.26. The first-order chi connectivity index (χ1) is 24.9. The van der Waals surface area contributed by atoms with Crippen LogP contribution in [0.2, 0.25) is 0 Å². The highest BCUT2D eigenvalue weighted by molar-refractivity contribution is 5.69. The highest BCUT2D eigenvalue weighted by atomic mass is 16.7. The lowest BCUT2D eigenvalue weighted by molar-refractivity contribution is -0.298. The summed E-state index contributed by atoms with van der Waals surface area (Å²) in [6.07, 6.45) is 32.3. The maximum Gasteiger partial charge on any atom is 0.306 e. The molecule has 1 aliphatic rings. The molecule has 0 aromatic heterocycles. The lowest BCUT2D eigenvalue weighted by atomic mass is 9.99. The number of aliphatic hydroxyl groups is 2. The van der Waals surface area contributed by atoms with Gasteiger partial charge in [0.1, 0.15) is 24.9 Å². The third kappa shape index (κ3) is 26.2. The molecule has 2 N–H and O–H groups in total. The number of methoxy groups -OCH3 is 1. The van der Waals surface area contributed by atoms with Gasteiger partial charge in [-0.2, -0.15) is 0 Å². The summed E-state index contributed by atoms with van der Waals surface area (Å²) >= 11 is 0. The van der Waals surface area contributed by atoms with Gasteiger partial charge in [0.2, 0.25) is 0 Å². The molecular weight excluding hydrogens is 644 g/mol. The summed E-state index contributed by atoms with van der Waals surface area (Å²) in [5.41, 5.74) is 0. The minimum atomic E-state index is -1.41. The Kier molecular flexibility index (Phi) is 32.4. The molecule has 51 heavy (non-hydrogen) atoms. The van der Waals surface area contributed by atoms with Crippen molar-refractivity contribution in [2.75, 3.05) is 13.7 Å². The van der Waals surface area contributed by atoms with Gasteiger partial charge in [-0.05, 0) is 12.8 Å². The van der Waals surface area contributed by atoms with Crippen molar-refractivity contribution >= 4 is 11.9 Å². The van der Waals surface area contributed by atoms with Crippen molar-refractivity contribution < 1.29 is 38.7 Å². The van der Waals surface area contributed by atoms with Gasteiger partial charge in [0, 0.05) is 20.0 Å². The molecule has 2 unspecified atom stereocenters. The molecule has 0 aromatic rings. The van der Waals surface area contributed by atoms with E-state index in [0.717, 1.165) is 38.5 Å². The van der Waals surface area contributed by atoms with E-state index in [1.54, 1.807) is 0 Å². The quantitative estimate of drug-likeness (QED) is 0.0485. The van der Waals surface area contributed by atoms with Gasteiger partial charge in [-0.3, -0.25) is 9.59 Å². The Morgan fingerprint density at radius 1 is 0.490 bits per heavy atom. The topological polar surface area (TPSA) is 112 Å². The molecule has 5 atom stereocenters. The Labute approximate surface area is 313 Å². The molecule has 1 fully saturated rings. The molecule has 1 heterocycles. The van der Waals surface area contributed by atoms with Gasteiger partial charge in [-0.15, -0.1) is 0 Å². The third-order valence-electron chi connectivity index (χ3n) is 10.5. The second-order valence-electron chi connectivity index (χ2n) is 15.3. The molecule has 0 aromatic carbocycles. The van der Waals surface area contributed by atoms with Gasteiger partial charge >= 0.3 is 11.9 Å². The van der Waals surface area contributed by atoms with Crippen LogP contribution in [0.5, 0.6) is 0 Å². The molecule has 1 rings (SSSR count). The van der Waals surface area contributed by atoms with E-state index < -0.39 is 36.7 Å². The second-order valence-corrected chi connectivity index (χ2v) is 15.3. The average molecular weight is 727 g/mol. The van der Waals surface area contributed by atoms with Crippen LogP contribution in [0.4, 0.5) is 0 Å². The van der Waals surface area contributed by atoms with Gasteiger partial charge in [0.15, 0.2) is 12.4 Å². The molecule has 1 aliphatic heterocycles. The molecule has 0 amide bonds. The highest BCUT2D eigenvalue weighted by Gasteiger charge is 2.47. The van der Waals surface area contributed by atoms with Gasteiger partial charge < -0.3 is 29.2 Å². The fourth-order valence-electron chi connectivity index (χ4n) is 7.10. The zero-order chi connectivity index (χ0) is 37.2. The first kappa shape index (κ1) is 47.8. The standard InChI is InChI=1S/C43H82O8/c1-4-6-8-10-12-14-16-18-20-22-24-26-28-30-32-34-38(44)49-36-37-40(46)41(47)42(43(48-3)50-37)51-39(45)35-33-31-29-27-25-23-21-19-17-15-13-11-9-7-5-2/h37,40-43,46-47H,4-36H2,1-3H3/t37?,40?,41-,42+,43-/m1/s1. The molecule has 0 radical (unpaired) electrons. The molecule has 8 nitrogen and oxygen atoms in total. The Balaban J connectivity index is 2.07. The van der Waals surface area contributed by atoms with E-state index in [9.17, 15) is 19.8 Å². The van der Waals surface area contributed by atoms with Crippen LogP contribution < -0.4 is 0 Å². The van der Waals surface area contributed by atoms with E-state index in [1.807, 2.05) is 0 Å². The maximum atomic E-state index is 12.5. The molecular formula is C43H82O8. The van der Waals surface area contributed by atoms with Gasteiger partial charge in [-0.1, -0.05) is 194 Å². The number of rotatable bonds is 36. The summed E-state index contributed by atoms with van der Waals surface area (Å²) in [6, 6.07) is 0. The predicted octanol–water partition coefficient (Wildman–Crippen LogP) is 11.1. The molecule has 0 spiro atoms. The van der Waals surface area contributed by atoms with Crippen LogP contribution in [0.1, 0.15) is 219 Å². The van der Waals surface area contributed by atoms with Crippen molar-refractivity contribution in [3.05, 3.63) is 0 Å². The van der Waals surface area contributed by atoms with Crippen LogP contribution in [0.3, 0.4) is 0 Å². The molecule has 1 saturated heterocycles. The van der Waals surface area contributed by atoms with Gasteiger partial charge in [-0.25, -0.2) is 0 Å². The summed E-state index contributed by atoms with van der Waals surface area (Å²) in [4.78, 5) is 24.9. The van der Waals surface area contributed by atoms with Crippen molar-refractivity contribution in [3.8, 4) is 0 Å². The Morgan fingerprint density at radius 3 is 1.18 bits per heavy atom. The Morgan fingerprint density at radius 2 is 0.824 bits per heavy atom. The largest absolute Gasteiger partial charge is 0.463 e. The summed E-state index contributed by atoms with van der Waals surface area (Å²) in [5.74, 6) is -0.791. The minimum absolute atomic E-state index is 0.199. The van der Waals surface area contributed by atoms with E-state index in [2.05, 4.69) is 13.8 Å². The monoisotopic (exact) mass is 727 g/mol. The smallest absolute Gasteiger partial charge is 0.306 e. The normalized spacial score (nSPS) is 20.5. The van der Waals surface area contributed by atoms with E-state index in [1.165, 1.54) is 161 Å². The Hall–Kier alpha value is -1.22. The fraction of sp³-hybridized carbons (Fsp3) is 0.953. The van der Waals surface area contributed by atoms with Crippen molar-refractivity contribution in [1.82, 2.24) is 0 Å². The van der Waals surface area contributed by atoms with E-state index in [0.29, 0.717) is 6.42 Å². The SMILES string of the molecule is CCCCCCCCCCCCCCCCCC(=O)OCC1O[C@@H](OC)[C@@H](OC(=O)CCCCCCCCCCCCCCCCC)[C@H](O)C1O. The van der Waals surface area contributed by atoms with Crippen LogP contribution in [-0.4, -0.2) is 66.6 Å². The lowest BCUT2D eigenvalue weighted by Gasteiger charge is -2.41. The summed E-state index contributed by atoms with van der Waals surface area (Å²) < 4.78 is 22.0. The molecule has 8 heteroatoms. The fourth-order valence-corrected chi connectivity index (χ4v) is 7.10. The molecule has 0 aliphatic carbocycles. The van der Waals surface area contributed by atoms with Crippen molar-refractivity contribution in [2.45, 2.75) is 250 Å². The zero-order valence-corrected chi connectivity index (χ0v) is 33.6. The van der Waals surface area contributed by atoms with E-state index >= 15 is 0 Å². The number of carbonyl (C=O) groups is 2. The van der Waals surface area contributed by atoms with E-state index in [-0.39, 0.29) is 19.0 Å². The van der Waals surface area contributed by atoms with Crippen molar-refractivity contribution in [3.63, 3.8) is 0 Å². The number of carbonyl (C=O) groups excluding carboxylic acids is 2. The van der Waals surface area contributed by atoms with Crippen LogP contribution in [-0.2, 0) is 28.5 Å². The zero-order valence-electron chi connectivity index (χ0n) is 33.6. The van der Waals surface area contributed by atoms with Crippen LogP contribution in [0.15, 0.2) is 0 Å². The predicted molar refractivity (Wildman–Crippen MR) is 208 cm³/mol.